The lowest BCUT2D eigenvalue weighted by Crippen LogP contribution is -2.58. The SMILES string of the molecule is CC(=O)N1CCN(c2cccc(-c3cc(-c4ccnn4C4CCOCC4)c4c(N)ncnn34)c2)C(C)C1C. The Bertz CT molecular complexity index is 1470. The highest BCUT2D eigenvalue weighted by Gasteiger charge is 2.32. The summed E-state index contributed by atoms with van der Waals surface area (Å²) < 4.78 is 9.56. The Morgan fingerprint density at radius 1 is 1.03 bits per heavy atom. The first-order chi connectivity index (χ1) is 18.4. The highest BCUT2D eigenvalue weighted by Crippen LogP contribution is 2.38. The van der Waals surface area contributed by atoms with Crippen molar-refractivity contribution >= 4 is 22.9 Å². The van der Waals surface area contributed by atoms with Crippen LogP contribution in [0.3, 0.4) is 0 Å². The first-order valence-electron chi connectivity index (χ1n) is 13.3. The topological polar surface area (TPSA) is 107 Å². The van der Waals surface area contributed by atoms with E-state index < -0.39 is 0 Å². The molecule has 5 heterocycles. The van der Waals surface area contributed by atoms with Crippen LogP contribution in [-0.2, 0) is 9.53 Å². The van der Waals surface area contributed by atoms with Gasteiger partial charge in [0.25, 0.3) is 0 Å². The minimum Gasteiger partial charge on any atom is -0.382 e. The van der Waals surface area contributed by atoms with E-state index >= 15 is 0 Å². The fourth-order valence-electron chi connectivity index (χ4n) is 6.01. The summed E-state index contributed by atoms with van der Waals surface area (Å²) in [6.07, 6.45) is 5.20. The second-order valence-corrected chi connectivity index (χ2v) is 10.3. The van der Waals surface area contributed by atoms with Crippen molar-refractivity contribution < 1.29 is 9.53 Å². The predicted octanol–water partition coefficient (Wildman–Crippen LogP) is 3.64. The van der Waals surface area contributed by atoms with E-state index in [2.05, 4.69) is 68.9 Å². The summed E-state index contributed by atoms with van der Waals surface area (Å²) in [4.78, 5) is 20.7. The van der Waals surface area contributed by atoms with Crippen molar-refractivity contribution in [1.82, 2.24) is 29.3 Å². The van der Waals surface area contributed by atoms with Crippen molar-refractivity contribution in [1.29, 1.82) is 0 Å². The van der Waals surface area contributed by atoms with E-state index in [1.807, 2.05) is 21.7 Å². The van der Waals surface area contributed by atoms with Crippen LogP contribution in [0.5, 0.6) is 0 Å². The molecule has 2 fully saturated rings. The third-order valence-electron chi connectivity index (χ3n) is 8.21. The Morgan fingerprint density at radius 3 is 2.63 bits per heavy atom. The zero-order valence-electron chi connectivity index (χ0n) is 22.1. The molecule has 10 heteroatoms. The van der Waals surface area contributed by atoms with Crippen molar-refractivity contribution in [3.05, 3.63) is 48.9 Å². The Hall–Kier alpha value is -3.92. The van der Waals surface area contributed by atoms with Gasteiger partial charge in [-0.25, -0.2) is 9.50 Å². The molecule has 2 unspecified atom stereocenters. The van der Waals surface area contributed by atoms with Crippen LogP contribution in [0.15, 0.2) is 48.9 Å². The molecule has 2 N–H and O–H groups in total. The van der Waals surface area contributed by atoms with Gasteiger partial charge in [-0.05, 0) is 51.0 Å². The van der Waals surface area contributed by atoms with Gasteiger partial charge in [0.15, 0.2) is 5.82 Å². The molecule has 0 bridgehead atoms. The lowest BCUT2D eigenvalue weighted by atomic mass is 10.0. The molecule has 198 valence electrons. The van der Waals surface area contributed by atoms with E-state index in [0.717, 1.165) is 66.3 Å². The van der Waals surface area contributed by atoms with Crippen LogP contribution >= 0.6 is 0 Å². The smallest absolute Gasteiger partial charge is 0.219 e. The van der Waals surface area contributed by atoms with Gasteiger partial charge in [0.1, 0.15) is 11.8 Å². The number of piperazine rings is 1. The van der Waals surface area contributed by atoms with E-state index in [9.17, 15) is 4.79 Å². The van der Waals surface area contributed by atoms with Gasteiger partial charge in [-0.3, -0.25) is 9.48 Å². The van der Waals surface area contributed by atoms with Gasteiger partial charge in [-0.15, -0.1) is 0 Å². The number of nitrogen functional groups attached to an aromatic ring is 1. The van der Waals surface area contributed by atoms with Crippen LogP contribution in [0.2, 0.25) is 0 Å². The van der Waals surface area contributed by atoms with Crippen LogP contribution < -0.4 is 10.6 Å². The number of fused-ring (bicyclic) bond motifs is 1. The molecule has 4 aromatic rings. The van der Waals surface area contributed by atoms with Crippen LogP contribution in [0.1, 0.15) is 39.7 Å². The van der Waals surface area contributed by atoms with Crippen molar-refractivity contribution in [2.45, 2.75) is 51.7 Å². The van der Waals surface area contributed by atoms with E-state index in [4.69, 9.17) is 10.5 Å². The number of nitrogens with two attached hydrogens (primary N) is 1. The maximum Gasteiger partial charge on any atom is 0.219 e. The third kappa shape index (κ3) is 4.09. The molecular weight excluding hydrogens is 480 g/mol. The second-order valence-electron chi connectivity index (χ2n) is 10.3. The predicted molar refractivity (Wildman–Crippen MR) is 147 cm³/mol. The summed E-state index contributed by atoms with van der Waals surface area (Å²) in [6, 6.07) is 13.3. The largest absolute Gasteiger partial charge is 0.382 e. The minimum atomic E-state index is 0.127. The summed E-state index contributed by atoms with van der Waals surface area (Å²) in [5.41, 5.74) is 12.3. The van der Waals surface area contributed by atoms with E-state index in [1.165, 1.54) is 6.33 Å². The number of aromatic nitrogens is 5. The van der Waals surface area contributed by atoms with Gasteiger partial charge in [0, 0.05) is 68.3 Å². The van der Waals surface area contributed by atoms with Gasteiger partial charge in [-0.1, -0.05) is 12.1 Å². The molecule has 2 aliphatic heterocycles. The third-order valence-corrected chi connectivity index (χ3v) is 8.21. The van der Waals surface area contributed by atoms with Crippen LogP contribution in [0.4, 0.5) is 11.5 Å². The molecule has 3 aromatic heterocycles. The Balaban J connectivity index is 1.42. The number of carbonyl (C=O) groups excluding carboxylic acids is 1. The first kappa shape index (κ1) is 24.4. The Morgan fingerprint density at radius 2 is 1.84 bits per heavy atom. The zero-order valence-corrected chi connectivity index (χ0v) is 22.1. The summed E-state index contributed by atoms with van der Waals surface area (Å²) in [6.45, 7) is 8.93. The highest BCUT2D eigenvalue weighted by atomic mass is 16.5. The van der Waals surface area contributed by atoms with Crippen LogP contribution in [0, 0.1) is 0 Å². The van der Waals surface area contributed by atoms with Gasteiger partial charge >= 0.3 is 0 Å². The summed E-state index contributed by atoms with van der Waals surface area (Å²) in [5.74, 6) is 0.558. The number of anilines is 2. The molecule has 10 nitrogen and oxygen atoms in total. The molecule has 0 saturated carbocycles. The monoisotopic (exact) mass is 514 g/mol. The van der Waals surface area contributed by atoms with Gasteiger partial charge < -0.3 is 20.3 Å². The van der Waals surface area contributed by atoms with E-state index in [0.29, 0.717) is 12.4 Å². The molecule has 0 spiro atoms. The highest BCUT2D eigenvalue weighted by molar-refractivity contribution is 5.91. The van der Waals surface area contributed by atoms with Gasteiger partial charge in [-0.2, -0.15) is 10.2 Å². The minimum absolute atomic E-state index is 0.127. The lowest BCUT2D eigenvalue weighted by Gasteiger charge is -2.46. The average molecular weight is 515 g/mol. The quantitative estimate of drug-likeness (QED) is 0.443. The molecule has 2 saturated heterocycles. The van der Waals surface area contributed by atoms with Crippen molar-refractivity contribution in [3.8, 4) is 22.5 Å². The fraction of sp³-hybridized carbons (Fsp3) is 0.429. The molecule has 2 atom stereocenters. The number of ether oxygens (including phenoxy) is 1. The molecule has 38 heavy (non-hydrogen) atoms. The van der Waals surface area contributed by atoms with Crippen molar-refractivity contribution in [2.75, 3.05) is 36.9 Å². The number of benzene rings is 1. The lowest BCUT2D eigenvalue weighted by molar-refractivity contribution is -0.131. The number of hydrogen-bond donors (Lipinski definition) is 1. The number of hydrogen-bond acceptors (Lipinski definition) is 7. The van der Waals surface area contributed by atoms with Gasteiger partial charge in [0.2, 0.25) is 5.91 Å². The molecule has 1 aromatic carbocycles. The second kappa shape index (κ2) is 9.75. The van der Waals surface area contributed by atoms with Crippen LogP contribution in [-0.4, -0.2) is 73.6 Å². The maximum absolute atomic E-state index is 12.1. The average Bonchev–Trinajstić information content (AvgIpc) is 3.56. The maximum atomic E-state index is 12.1. The van der Waals surface area contributed by atoms with Crippen molar-refractivity contribution in [2.24, 2.45) is 0 Å². The molecule has 0 aliphatic carbocycles. The molecule has 2 aliphatic rings. The number of nitrogens with zero attached hydrogens (tertiary/aromatic N) is 7. The fourth-order valence-corrected chi connectivity index (χ4v) is 6.01. The summed E-state index contributed by atoms with van der Waals surface area (Å²) in [7, 11) is 0. The number of rotatable bonds is 4. The molecule has 6 rings (SSSR count). The number of carbonyl (C=O) groups is 1. The zero-order chi connectivity index (χ0) is 26.4. The molecular formula is C28H34N8O2. The Kier molecular flexibility index (Phi) is 6.27. The summed E-state index contributed by atoms with van der Waals surface area (Å²) >= 11 is 0. The molecule has 1 amide bonds. The normalized spacial score (nSPS) is 20.8. The first-order valence-corrected chi connectivity index (χ1v) is 13.3. The Labute approximate surface area is 222 Å². The number of amides is 1. The molecule has 0 radical (unpaired) electrons. The standard InChI is InChI=1S/C28H34N8O2/c1-18-19(2)34(12-11-33(18)20(3)37)23-6-4-5-21(15-23)26-16-24(27-28(29)30-17-32-36(26)27)25-7-10-31-35(25)22-8-13-38-14-9-22/h4-7,10,15-19,22H,8-9,11-14H2,1-3H3,(H2,29,30,32). The van der Waals surface area contributed by atoms with Gasteiger partial charge in [0.05, 0.1) is 17.4 Å². The van der Waals surface area contributed by atoms with E-state index in [-0.39, 0.29) is 24.0 Å². The van der Waals surface area contributed by atoms with Crippen molar-refractivity contribution in [3.63, 3.8) is 0 Å². The van der Waals surface area contributed by atoms with E-state index in [1.54, 1.807) is 6.92 Å². The summed E-state index contributed by atoms with van der Waals surface area (Å²) in [5, 5.41) is 9.29. The van der Waals surface area contributed by atoms with Crippen LogP contribution in [0.25, 0.3) is 28.0 Å².